The lowest BCUT2D eigenvalue weighted by molar-refractivity contribution is 0.408. The van der Waals surface area contributed by atoms with Crippen molar-refractivity contribution < 1.29 is 4.74 Å². The molecular weight excluding hydrogens is 204 g/mol. The van der Waals surface area contributed by atoms with Gasteiger partial charge in [-0.2, -0.15) is 0 Å². The molecule has 0 unspecified atom stereocenters. The number of aromatic nitrogens is 3. The minimum absolute atomic E-state index is 0.358. The van der Waals surface area contributed by atoms with Gasteiger partial charge in [0.1, 0.15) is 6.33 Å². The number of nitrogen functional groups attached to an aromatic ring is 1. The summed E-state index contributed by atoms with van der Waals surface area (Å²) in [6, 6.07) is 3.86. The summed E-state index contributed by atoms with van der Waals surface area (Å²) in [4.78, 5) is 12.1. The standard InChI is InChI=1S/C11H12N4O/c1-16-10-9(14-7-15-11(10)12)5-8-3-2-4-13-6-8/h2-4,6-7H,5H2,1H3,(H2,12,14,15). The summed E-state index contributed by atoms with van der Waals surface area (Å²) in [5.74, 6) is 0.891. The van der Waals surface area contributed by atoms with E-state index in [1.807, 2.05) is 12.1 Å². The highest BCUT2D eigenvalue weighted by molar-refractivity contribution is 5.49. The Bertz CT molecular complexity index is 473. The molecule has 2 aromatic heterocycles. The maximum absolute atomic E-state index is 5.69. The normalized spacial score (nSPS) is 10.1. The molecule has 0 aliphatic carbocycles. The van der Waals surface area contributed by atoms with Gasteiger partial charge in [0.05, 0.1) is 12.8 Å². The summed E-state index contributed by atoms with van der Waals surface area (Å²) >= 11 is 0. The van der Waals surface area contributed by atoms with E-state index in [0.717, 1.165) is 11.3 Å². The molecule has 0 saturated carbocycles. The lowest BCUT2D eigenvalue weighted by Gasteiger charge is -2.08. The molecule has 5 heteroatoms. The van der Waals surface area contributed by atoms with E-state index in [1.165, 1.54) is 6.33 Å². The topological polar surface area (TPSA) is 73.9 Å². The Balaban J connectivity index is 2.31. The lowest BCUT2D eigenvalue weighted by Crippen LogP contribution is -2.03. The second-order valence-electron chi connectivity index (χ2n) is 3.28. The molecule has 0 saturated heterocycles. The van der Waals surface area contributed by atoms with Crippen LogP contribution in [0.25, 0.3) is 0 Å². The average molecular weight is 216 g/mol. The molecule has 0 spiro atoms. The maximum atomic E-state index is 5.69. The van der Waals surface area contributed by atoms with E-state index < -0.39 is 0 Å². The fourth-order valence-electron chi connectivity index (χ4n) is 1.47. The molecule has 2 heterocycles. The molecule has 0 aliphatic heterocycles. The largest absolute Gasteiger partial charge is 0.491 e. The van der Waals surface area contributed by atoms with Crippen molar-refractivity contribution in [2.45, 2.75) is 6.42 Å². The highest BCUT2D eigenvalue weighted by Gasteiger charge is 2.09. The molecule has 5 nitrogen and oxygen atoms in total. The molecule has 0 amide bonds. The van der Waals surface area contributed by atoms with Gasteiger partial charge in [0.25, 0.3) is 0 Å². The minimum atomic E-state index is 0.358. The van der Waals surface area contributed by atoms with Crippen molar-refractivity contribution in [3.63, 3.8) is 0 Å². The Labute approximate surface area is 93.3 Å². The Hall–Kier alpha value is -2.17. The van der Waals surface area contributed by atoms with Crippen molar-refractivity contribution in [2.24, 2.45) is 0 Å². The summed E-state index contributed by atoms with van der Waals surface area (Å²) in [6.45, 7) is 0. The smallest absolute Gasteiger partial charge is 0.182 e. The molecule has 2 aromatic rings. The number of nitrogens with two attached hydrogens (primary N) is 1. The predicted octanol–water partition coefficient (Wildman–Crippen LogP) is 1.05. The predicted molar refractivity (Wildman–Crippen MR) is 60.0 cm³/mol. The molecule has 16 heavy (non-hydrogen) atoms. The average Bonchev–Trinajstić information content (AvgIpc) is 2.31. The third-order valence-electron chi connectivity index (χ3n) is 2.20. The molecule has 0 aromatic carbocycles. The molecule has 0 aliphatic rings. The van der Waals surface area contributed by atoms with Gasteiger partial charge in [-0.05, 0) is 11.6 Å². The fraction of sp³-hybridized carbons (Fsp3) is 0.182. The Morgan fingerprint density at radius 3 is 2.94 bits per heavy atom. The number of anilines is 1. The first-order chi connectivity index (χ1) is 7.81. The number of methoxy groups -OCH3 is 1. The summed E-state index contributed by atoms with van der Waals surface area (Å²) < 4.78 is 5.18. The van der Waals surface area contributed by atoms with Crippen molar-refractivity contribution in [3.05, 3.63) is 42.1 Å². The molecular formula is C11H12N4O. The van der Waals surface area contributed by atoms with Crippen LogP contribution in [0.4, 0.5) is 5.82 Å². The van der Waals surface area contributed by atoms with Gasteiger partial charge in [0, 0.05) is 18.8 Å². The highest BCUT2D eigenvalue weighted by atomic mass is 16.5. The number of rotatable bonds is 3. The molecule has 0 radical (unpaired) electrons. The summed E-state index contributed by atoms with van der Waals surface area (Å²) in [6.07, 6.45) is 5.58. The van der Waals surface area contributed by atoms with E-state index in [-0.39, 0.29) is 0 Å². The van der Waals surface area contributed by atoms with Crippen LogP contribution in [0.5, 0.6) is 5.75 Å². The van der Waals surface area contributed by atoms with Crippen LogP contribution in [0.1, 0.15) is 11.3 Å². The van der Waals surface area contributed by atoms with Crippen molar-refractivity contribution in [2.75, 3.05) is 12.8 Å². The van der Waals surface area contributed by atoms with Gasteiger partial charge in [-0.15, -0.1) is 0 Å². The van der Waals surface area contributed by atoms with Crippen LogP contribution in [0.15, 0.2) is 30.9 Å². The minimum Gasteiger partial charge on any atom is -0.491 e. The monoisotopic (exact) mass is 216 g/mol. The SMILES string of the molecule is COc1c(N)ncnc1Cc1cccnc1. The number of hydrogen-bond donors (Lipinski definition) is 1. The van der Waals surface area contributed by atoms with Crippen LogP contribution in [0, 0.1) is 0 Å². The second-order valence-corrected chi connectivity index (χ2v) is 3.28. The fourth-order valence-corrected chi connectivity index (χ4v) is 1.47. The summed E-state index contributed by atoms with van der Waals surface area (Å²) in [5, 5.41) is 0. The quantitative estimate of drug-likeness (QED) is 0.830. The number of pyridine rings is 1. The zero-order valence-electron chi connectivity index (χ0n) is 8.92. The molecule has 2 N–H and O–H groups in total. The second kappa shape index (κ2) is 4.57. The van der Waals surface area contributed by atoms with Crippen LogP contribution >= 0.6 is 0 Å². The third kappa shape index (κ3) is 2.08. The maximum Gasteiger partial charge on any atom is 0.182 e. The van der Waals surface area contributed by atoms with E-state index in [0.29, 0.717) is 18.0 Å². The van der Waals surface area contributed by atoms with Gasteiger partial charge >= 0.3 is 0 Å². The van der Waals surface area contributed by atoms with Gasteiger partial charge in [-0.25, -0.2) is 9.97 Å². The van der Waals surface area contributed by atoms with E-state index in [9.17, 15) is 0 Å². The molecule has 0 bridgehead atoms. The van der Waals surface area contributed by atoms with Crippen LogP contribution in [-0.4, -0.2) is 22.1 Å². The number of hydrogen-bond acceptors (Lipinski definition) is 5. The van der Waals surface area contributed by atoms with Crippen LogP contribution in [0.3, 0.4) is 0 Å². The highest BCUT2D eigenvalue weighted by Crippen LogP contribution is 2.23. The Kier molecular flexibility index (Phi) is 2.95. The van der Waals surface area contributed by atoms with E-state index in [4.69, 9.17) is 10.5 Å². The van der Waals surface area contributed by atoms with Gasteiger partial charge in [-0.3, -0.25) is 4.98 Å². The number of nitrogens with zero attached hydrogens (tertiary/aromatic N) is 3. The van der Waals surface area contributed by atoms with Crippen LogP contribution in [0.2, 0.25) is 0 Å². The van der Waals surface area contributed by atoms with E-state index in [1.54, 1.807) is 19.5 Å². The van der Waals surface area contributed by atoms with Gasteiger partial charge in [0.15, 0.2) is 11.6 Å². The molecule has 0 fully saturated rings. The van der Waals surface area contributed by atoms with Crippen LogP contribution < -0.4 is 10.5 Å². The van der Waals surface area contributed by atoms with Gasteiger partial charge in [0.2, 0.25) is 0 Å². The van der Waals surface area contributed by atoms with E-state index >= 15 is 0 Å². The Morgan fingerprint density at radius 1 is 1.38 bits per heavy atom. The zero-order valence-corrected chi connectivity index (χ0v) is 8.92. The molecule has 0 atom stereocenters. The van der Waals surface area contributed by atoms with Gasteiger partial charge < -0.3 is 10.5 Å². The molecule has 2 rings (SSSR count). The third-order valence-corrected chi connectivity index (χ3v) is 2.20. The van der Waals surface area contributed by atoms with Crippen molar-refractivity contribution >= 4 is 5.82 Å². The first-order valence-corrected chi connectivity index (χ1v) is 4.83. The number of ether oxygens (including phenoxy) is 1. The van der Waals surface area contributed by atoms with Crippen molar-refractivity contribution in [1.29, 1.82) is 0 Å². The Morgan fingerprint density at radius 2 is 2.25 bits per heavy atom. The first-order valence-electron chi connectivity index (χ1n) is 4.83. The van der Waals surface area contributed by atoms with E-state index in [2.05, 4.69) is 15.0 Å². The summed E-state index contributed by atoms with van der Waals surface area (Å²) in [7, 11) is 1.56. The van der Waals surface area contributed by atoms with Crippen LogP contribution in [-0.2, 0) is 6.42 Å². The lowest BCUT2D eigenvalue weighted by atomic mass is 10.1. The van der Waals surface area contributed by atoms with Crippen molar-refractivity contribution in [3.8, 4) is 5.75 Å². The molecule has 82 valence electrons. The summed E-state index contributed by atoms with van der Waals surface area (Å²) in [5.41, 5.74) is 7.52. The van der Waals surface area contributed by atoms with Crippen molar-refractivity contribution in [1.82, 2.24) is 15.0 Å². The first kappa shape index (κ1) is 10.4. The van der Waals surface area contributed by atoms with Gasteiger partial charge in [-0.1, -0.05) is 6.07 Å². The zero-order chi connectivity index (χ0) is 11.4.